The number of hydrogen-bond donors (Lipinski definition) is 0. The summed E-state index contributed by atoms with van der Waals surface area (Å²) in [4.78, 5) is 12.8. The summed E-state index contributed by atoms with van der Waals surface area (Å²) in [6, 6.07) is 1.97. The lowest BCUT2D eigenvalue weighted by Gasteiger charge is -2.21. The van der Waals surface area contributed by atoms with Crippen LogP contribution in [0.15, 0.2) is 16.8 Å². The number of hydrogen-bond acceptors (Lipinski definition) is 7. The van der Waals surface area contributed by atoms with Crippen LogP contribution >= 0.6 is 0 Å². The Balaban J connectivity index is 1.36. The smallest absolute Gasteiger partial charge is 0.416 e. The summed E-state index contributed by atoms with van der Waals surface area (Å²) < 4.78 is 42.2. The molecule has 2 aromatic rings. The number of likely N-dealkylation sites (tertiary alicyclic amines) is 1. The van der Waals surface area contributed by atoms with E-state index in [-0.39, 0.29) is 12.4 Å². The maximum absolute atomic E-state index is 12.5. The van der Waals surface area contributed by atoms with Crippen molar-refractivity contribution < 1.29 is 17.6 Å². The van der Waals surface area contributed by atoms with Crippen LogP contribution in [0.4, 0.5) is 19.0 Å². The van der Waals surface area contributed by atoms with Gasteiger partial charge in [0.05, 0.1) is 6.54 Å². The minimum atomic E-state index is -4.59. The first-order chi connectivity index (χ1) is 11.9. The zero-order valence-electron chi connectivity index (χ0n) is 13.6. The Labute approximate surface area is 141 Å². The second-order valence-electron chi connectivity index (χ2n) is 6.64. The van der Waals surface area contributed by atoms with Crippen LogP contribution in [0.5, 0.6) is 0 Å². The quantitative estimate of drug-likeness (QED) is 0.832. The minimum Gasteiger partial charge on any atom is -0.416 e. The van der Waals surface area contributed by atoms with Crippen molar-refractivity contribution in [1.29, 1.82) is 0 Å². The molecular formula is C15H17F3N6O. The molecule has 10 heteroatoms. The number of anilines is 1. The minimum absolute atomic E-state index is 0.00980. The Morgan fingerprint density at radius 3 is 2.44 bits per heavy atom. The molecule has 0 aliphatic carbocycles. The molecule has 0 radical (unpaired) electrons. The van der Waals surface area contributed by atoms with Crippen LogP contribution in [0.3, 0.4) is 0 Å². The Kier molecular flexibility index (Phi) is 3.86. The van der Waals surface area contributed by atoms with Gasteiger partial charge in [-0.15, -0.1) is 10.2 Å². The first-order valence-corrected chi connectivity index (χ1v) is 8.04. The molecule has 2 aliphatic rings. The monoisotopic (exact) mass is 354 g/mol. The number of alkyl halides is 3. The van der Waals surface area contributed by atoms with Gasteiger partial charge >= 0.3 is 12.1 Å². The van der Waals surface area contributed by atoms with Gasteiger partial charge in [-0.3, -0.25) is 4.90 Å². The van der Waals surface area contributed by atoms with Gasteiger partial charge in [-0.2, -0.15) is 13.2 Å². The number of aromatic nitrogens is 4. The number of nitrogens with zero attached hydrogens (tertiary/aromatic N) is 6. The van der Waals surface area contributed by atoms with E-state index in [0.717, 1.165) is 37.7 Å². The molecule has 0 saturated carbocycles. The van der Waals surface area contributed by atoms with Crippen molar-refractivity contribution >= 4 is 5.82 Å². The fourth-order valence-electron chi connectivity index (χ4n) is 3.64. The van der Waals surface area contributed by atoms with Gasteiger partial charge in [0.1, 0.15) is 12.1 Å². The molecule has 2 aliphatic heterocycles. The van der Waals surface area contributed by atoms with Crippen LogP contribution in [0.1, 0.15) is 17.5 Å². The van der Waals surface area contributed by atoms with Gasteiger partial charge in [-0.25, -0.2) is 9.97 Å². The highest BCUT2D eigenvalue weighted by molar-refractivity contribution is 5.40. The van der Waals surface area contributed by atoms with Gasteiger partial charge in [0.25, 0.3) is 0 Å². The molecule has 2 fully saturated rings. The summed E-state index contributed by atoms with van der Waals surface area (Å²) >= 11 is 0. The highest BCUT2D eigenvalue weighted by Crippen LogP contribution is 2.34. The van der Waals surface area contributed by atoms with Gasteiger partial charge in [0, 0.05) is 37.9 Å². The van der Waals surface area contributed by atoms with Crippen LogP contribution in [0.25, 0.3) is 0 Å². The van der Waals surface area contributed by atoms with E-state index in [9.17, 15) is 13.2 Å². The van der Waals surface area contributed by atoms with E-state index in [1.165, 1.54) is 0 Å². The third kappa shape index (κ3) is 3.30. The van der Waals surface area contributed by atoms with Crippen LogP contribution in [0, 0.1) is 18.8 Å². The maximum atomic E-state index is 12.5. The maximum Gasteiger partial charge on any atom is 0.470 e. The molecule has 4 rings (SSSR count). The predicted molar refractivity (Wildman–Crippen MR) is 80.5 cm³/mol. The Morgan fingerprint density at radius 1 is 1.12 bits per heavy atom. The van der Waals surface area contributed by atoms with Crippen molar-refractivity contribution in [2.45, 2.75) is 19.6 Å². The molecule has 2 aromatic heterocycles. The summed E-state index contributed by atoms with van der Waals surface area (Å²) in [5.74, 6) is 0.573. The third-order valence-corrected chi connectivity index (χ3v) is 4.74. The Hall–Kier alpha value is -2.23. The summed E-state index contributed by atoms with van der Waals surface area (Å²) in [6.45, 7) is 5.56. The van der Waals surface area contributed by atoms with Crippen LogP contribution in [0.2, 0.25) is 0 Å². The molecule has 0 amide bonds. The van der Waals surface area contributed by atoms with Gasteiger partial charge in [-0.05, 0) is 18.8 Å². The summed E-state index contributed by atoms with van der Waals surface area (Å²) in [5, 5.41) is 6.58. The normalized spacial score (nSPS) is 24.1. The number of halogens is 3. The molecule has 2 atom stereocenters. The lowest BCUT2D eigenvalue weighted by atomic mass is 10.0. The number of aryl methyl sites for hydroxylation is 1. The summed E-state index contributed by atoms with van der Waals surface area (Å²) in [7, 11) is 0. The van der Waals surface area contributed by atoms with Crippen molar-refractivity contribution in [3.63, 3.8) is 0 Å². The van der Waals surface area contributed by atoms with Crippen LogP contribution in [-0.2, 0) is 12.7 Å². The molecule has 0 bridgehead atoms. The topological polar surface area (TPSA) is 71.2 Å². The fourth-order valence-corrected chi connectivity index (χ4v) is 3.64. The van der Waals surface area contributed by atoms with Crippen molar-refractivity contribution in [2.75, 3.05) is 31.1 Å². The number of fused-ring (bicyclic) bond motifs is 1. The Bertz CT molecular complexity index is 750. The first kappa shape index (κ1) is 16.2. The fraction of sp³-hybridized carbons (Fsp3) is 0.600. The third-order valence-electron chi connectivity index (χ3n) is 4.74. The van der Waals surface area contributed by atoms with Crippen LogP contribution < -0.4 is 4.90 Å². The van der Waals surface area contributed by atoms with Gasteiger partial charge in [-0.1, -0.05) is 0 Å². The molecule has 0 N–H and O–H groups in total. The van der Waals surface area contributed by atoms with Crippen LogP contribution in [-0.4, -0.2) is 51.2 Å². The summed E-state index contributed by atoms with van der Waals surface area (Å²) in [6.07, 6.45) is -3.03. The van der Waals surface area contributed by atoms with Gasteiger partial charge in [0.15, 0.2) is 0 Å². The molecule has 25 heavy (non-hydrogen) atoms. The first-order valence-electron chi connectivity index (χ1n) is 8.04. The molecule has 2 unspecified atom stereocenters. The second kappa shape index (κ2) is 5.94. The number of rotatable bonds is 3. The van der Waals surface area contributed by atoms with Gasteiger partial charge in [0.2, 0.25) is 5.89 Å². The van der Waals surface area contributed by atoms with E-state index >= 15 is 0 Å². The van der Waals surface area contributed by atoms with E-state index in [1.54, 1.807) is 6.33 Å². The molecule has 134 valence electrons. The highest BCUT2D eigenvalue weighted by atomic mass is 19.4. The molecule has 4 heterocycles. The molecule has 7 nitrogen and oxygen atoms in total. The average Bonchev–Trinajstić information content (AvgIpc) is 3.21. The lowest BCUT2D eigenvalue weighted by molar-refractivity contribution is -0.157. The zero-order valence-corrected chi connectivity index (χ0v) is 13.6. The average molecular weight is 354 g/mol. The van der Waals surface area contributed by atoms with Crippen molar-refractivity contribution in [2.24, 2.45) is 11.8 Å². The van der Waals surface area contributed by atoms with Gasteiger partial charge < -0.3 is 9.32 Å². The highest BCUT2D eigenvalue weighted by Gasteiger charge is 2.42. The van der Waals surface area contributed by atoms with Crippen molar-refractivity contribution in [1.82, 2.24) is 25.1 Å². The predicted octanol–water partition coefficient (Wildman–Crippen LogP) is 1.76. The molecule has 0 aromatic carbocycles. The van der Waals surface area contributed by atoms with E-state index in [1.807, 2.05) is 13.0 Å². The van der Waals surface area contributed by atoms with E-state index < -0.39 is 12.1 Å². The lowest BCUT2D eigenvalue weighted by Crippen LogP contribution is -2.29. The largest absolute Gasteiger partial charge is 0.470 e. The van der Waals surface area contributed by atoms with E-state index in [2.05, 4.69) is 30.0 Å². The molecule has 2 saturated heterocycles. The Morgan fingerprint density at radius 2 is 1.84 bits per heavy atom. The second-order valence-corrected chi connectivity index (χ2v) is 6.64. The van der Waals surface area contributed by atoms with Crippen molar-refractivity contribution in [3.05, 3.63) is 29.9 Å². The van der Waals surface area contributed by atoms with Crippen molar-refractivity contribution in [3.8, 4) is 0 Å². The zero-order chi connectivity index (χ0) is 17.6. The molecular weight excluding hydrogens is 337 g/mol. The van der Waals surface area contributed by atoms with E-state index in [0.29, 0.717) is 11.8 Å². The van der Waals surface area contributed by atoms with E-state index in [4.69, 9.17) is 4.42 Å². The SMILES string of the molecule is Cc1cc(N2CC3CN(Cc4nnc(C(F)(F)F)o4)CC3C2)ncn1. The molecule has 0 spiro atoms. The summed E-state index contributed by atoms with van der Waals surface area (Å²) in [5.41, 5.74) is 0.931. The standard InChI is InChI=1S/C15H17F3N6O/c1-9-2-12(20-8-19-9)24-5-10-3-23(4-11(10)6-24)7-13-21-22-14(25-13)15(16,17)18/h2,8,10-11H,3-7H2,1H3.